The Balaban J connectivity index is 3.57. The van der Waals surface area contributed by atoms with E-state index in [4.69, 9.17) is 5.21 Å². The molecule has 1 aliphatic heterocycles. The minimum Gasteiger partial charge on any atom is -0.370 e. The summed E-state index contributed by atoms with van der Waals surface area (Å²) in [5, 5.41) is 27.7. The van der Waals surface area contributed by atoms with Gasteiger partial charge in [-0.15, -0.1) is 0 Å². The summed E-state index contributed by atoms with van der Waals surface area (Å²) in [5.41, 5.74) is -6.55. The van der Waals surface area contributed by atoms with Gasteiger partial charge in [0.25, 0.3) is 11.8 Å². The minimum atomic E-state index is -3.27. The lowest BCUT2D eigenvalue weighted by Gasteiger charge is -2.27. The number of hydrogen-bond acceptors (Lipinski definition) is 7. The summed E-state index contributed by atoms with van der Waals surface area (Å²) >= 11 is 0. The average molecular weight is 231 g/mol. The number of carbonyl (C=O) groups excluding carboxylic acids is 4. The van der Waals surface area contributed by atoms with Gasteiger partial charge in [-0.1, -0.05) is 0 Å². The largest absolute Gasteiger partial charge is 0.370 e. The van der Waals surface area contributed by atoms with Crippen molar-refractivity contribution in [2.45, 2.75) is 25.0 Å². The van der Waals surface area contributed by atoms with Crippen LogP contribution in [-0.4, -0.2) is 55.1 Å². The average Bonchev–Trinajstić information content (AvgIpc) is 2.33. The molecule has 0 aromatic rings. The van der Waals surface area contributed by atoms with E-state index in [2.05, 4.69) is 0 Å². The van der Waals surface area contributed by atoms with Crippen molar-refractivity contribution in [2.24, 2.45) is 0 Å². The standard InChI is InChI=1S/C8H9NO7/c1-3(10)7(14)5(12)9(16)6(13)8(7,15)4(2)11/h14-16H,1-2H3. The number of carbonyl (C=O) groups is 4. The highest BCUT2D eigenvalue weighted by Crippen LogP contribution is 2.35. The van der Waals surface area contributed by atoms with Crippen LogP contribution in [0.15, 0.2) is 0 Å². The van der Waals surface area contributed by atoms with Crippen molar-refractivity contribution in [1.82, 2.24) is 5.06 Å². The molecule has 2 atom stereocenters. The van der Waals surface area contributed by atoms with Crippen LogP contribution < -0.4 is 0 Å². The lowest BCUT2D eigenvalue weighted by atomic mass is 9.79. The first-order valence-corrected chi connectivity index (χ1v) is 4.16. The van der Waals surface area contributed by atoms with Gasteiger partial charge in [-0.2, -0.15) is 5.06 Å². The Labute approximate surface area is 89.0 Å². The Kier molecular flexibility index (Phi) is 2.47. The van der Waals surface area contributed by atoms with E-state index < -0.39 is 39.6 Å². The summed E-state index contributed by atoms with van der Waals surface area (Å²) < 4.78 is 0. The maximum absolute atomic E-state index is 11.3. The van der Waals surface area contributed by atoms with Crippen LogP contribution in [0.25, 0.3) is 0 Å². The molecule has 1 fully saturated rings. The molecule has 0 aliphatic carbocycles. The maximum atomic E-state index is 11.3. The molecule has 1 aliphatic rings. The zero-order chi connectivity index (χ0) is 12.9. The highest BCUT2D eigenvalue weighted by atomic mass is 16.5. The van der Waals surface area contributed by atoms with Crippen LogP contribution in [0.2, 0.25) is 0 Å². The minimum absolute atomic E-state index is 0.636. The Bertz CT molecular complexity index is 379. The second-order valence-corrected chi connectivity index (χ2v) is 3.46. The van der Waals surface area contributed by atoms with E-state index in [1.165, 1.54) is 0 Å². The molecule has 0 aromatic heterocycles. The molecule has 0 spiro atoms. The topological polar surface area (TPSA) is 132 Å². The van der Waals surface area contributed by atoms with E-state index >= 15 is 0 Å². The molecule has 8 nitrogen and oxygen atoms in total. The van der Waals surface area contributed by atoms with E-state index in [1.54, 1.807) is 0 Å². The van der Waals surface area contributed by atoms with Crippen molar-refractivity contribution < 1.29 is 34.6 Å². The van der Waals surface area contributed by atoms with Crippen LogP contribution in [0, 0.1) is 0 Å². The number of nitrogens with zero attached hydrogens (tertiary/aromatic N) is 1. The van der Waals surface area contributed by atoms with Crippen molar-refractivity contribution in [3.8, 4) is 0 Å². The van der Waals surface area contributed by atoms with Gasteiger partial charge in [0.15, 0.2) is 11.6 Å². The van der Waals surface area contributed by atoms with Crippen LogP contribution in [0.1, 0.15) is 13.8 Å². The van der Waals surface area contributed by atoms with E-state index in [0.717, 1.165) is 0 Å². The van der Waals surface area contributed by atoms with E-state index in [-0.39, 0.29) is 0 Å². The molecular weight excluding hydrogens is 222 g/mol. The molecule has 16 heavy (non-hydrogen) atoms. The van der Waals surface area contributed by atoms with Crippen molar-refractivity contribution in [3.63, 3.8) is 0 Å². The van der Waals surface area contributed by atoms with Gasteiger partial charge in [0.2, 0.25) is 11.2 Å². The summed E-state index contributed by atoms with van der Waals surface area (Å²) in [6.45, 7) is 1.41. The molecule has 0 bridgehead atoms. The number of imide groups is 1. The van der Waals surface area contributed by atoms with Gasteiger partial charge in [0, 0.05) is 0 Å². The molecule has 2 unspecified atom stereocenters. The highest BCUT2D eigenvalue weighted by molar-refractivity contribution is 6.31. The van der Waals surface area contributed by atoms with Crippen molar-refractivity contribution in [3.05, 3.63) is 0 Å². The molecule has 0 aromatic carbocycles. The van der Waals surface area contributed by atoms with Crippen LogP contribution in [0.4, 0.5) is 0 Å². The molecule has 1 heterocycles. The smallest absolute Gasteiger partial charge is 0.297 e. The summed E-state index contributed by atoms with van der Waals surface area (Å²) in [4.78, 5) is 44.8. The number of rotatable bonds is 2. The lowest BCUT2D eigenvalue weighted by Crippen LogP contribution is -2.64. The monoisotopic (exact) mass is 231 g/mol. The summed E-state index contributed by atoms with van der Waals surface area (Å²) in [6.07, 6.45) is 0. The first kappa shape index (κ1) is 12.4. The van der Waals surface area contributed by atoms with Gasteiger partial charge in [0.05, 0.1) is 0 Å². The molecular formula is C8H9NO7. The third-order valence-electron chi connectivity index (χ3n) is 2.55. The van der Waals surface area contributed by atoms with Crippen molar-refractivity contribution in [1.29, 1.82) is 0 Å². The highest BCUT2D eigenvalue weighted by Gasteiger charge is 2.74. The van der Waals surface area contributed by atoms with Crippen LogP contribution in [0.3, 0.4) is 0 Å². The molecule has 1 saturated heterocycles. The number of Topliss-reactive ketones (excluding diaryl/α,β-unsaturated/α-hetero) is 2. The Hall–Kier alpha value is -1.64. The lowest BCUT2D eigenvalue weighted by molar-refractivity contribution is -0.179. The van der Waals surface area contributed by atoms with Crippen molar-refractivity contribution >= 4 is 23.4 Å². The second-order valence-electron chi connectivity index (χ2n) is 3.46. The van der Waals surface area contributed by atoms with Crippen LogP contribution >= 0.6 is 0 Å². The fraction of sp³-hybridized carbons (Fsp3) is 0.500. The normalized spacial score (nSPS) is 34.4. The van der Waals surface area contributed by atoms with Crippen molar-refractivity contribution in [2.75, 3.05) is 0 Å². The number of hydrogen-bond donors (Lipinski definition) is 3. The number of aliphatic hydroxyl groups is 2. The number of amides is 2. The third kappa shape index (κ3) is 1.03. The van der Waals surface area contributed by atoms with Crippen LogP contribution in [0.5, 0.6) is 0 Å². The maximum Gasteiger partial charge on any atom is 0.297 e. The second kappa shape index (κ2) is 3.17. The summed E-state index contributed by atoms with van der Waals surface area (Å²) in [7, 11) is 0. The zero-order valence-corrected chi connectivity index (χ0v) is 8.42. The molecule has 3 N–H and O–H groups in total. The number of ketones is 2. The fourth-order valence-corrected chi connectivity index (χ4v) is 1.52. The quantitative estimate of drug-likeness (QED) is 0.269. The molecule has 2 amide bonds. The summed E-state index contributed by atoms with van der Waals surface area (Å²) in [5.74, 6) is -6.13. The molecule has 0 radical (unpaired) electrons. The molecule has 1 rings (SSSR count). The Morgan fingerprint density at radius 3 is 1.44 bits per heavy atom. The Morgan fingerprint density at radius 2 is 1.25 bits per heavy atom. The molecule has 8 heteroatoms. The van der Waals surface area contributed by atoms with Gasteiger partial charge in [-0.3, -0.25) is 24.4 Å². The van der Waals surface area contributed by atoms with E-state index in [9.17, 15) is 29.4 Å². The molecule has 0 saturated carbocycles. The Morgan fingerprint density at radius 1 is 1.00 bits per heavy atom. The van der Waals surface area contributed by atoms with Gasteiger partial charge in [0.1, 0.15) is 0 Å². The molecule has 88 valence electrons. The first-order valence-electron chi connectivity index (χ1n) is 4.16. The van der Waals surface area contributed by atoms with Gasteiger partial charge < -0.3 is 10.2 Å². The van der Waals surface area contributed by atoms with Gasteiger partial charge >= 0.3 is 0 Å². The predicted octanol–water partition coefficient (Wildman–Crippen LogP) is -2.62. The van der Waals surface area contributed by atoms with E-state index in [1.807, 2.05) is 0 Å². The van der Waals surface area contributed by atoms with E-state index in [0.29, 0.717) is 13.8 Å². The number of hydroxylamine groups is 2. The zero-order valence-electron chi connectivity index (χ0n) is 8.42. The first-order chi connectivity index (χ1) is 7.11. The predicted molar refractivity (Wildman–Crippen MR) is 44.9 cm³/mol. The van der Waals surface area contributed by atoms with Gasteiger partial charge in [-0.25, -0.2) is 0 Å². The van der Waals surface area contributed by atoms with Gasteiger partial charge in [-0.05, 0) is 13.8 Å². The SMILES string of the molecule is CC(=O)C1(O)C(=O)N(O)C(=O)C1(O)C(C)=O. The third-order valence-corrected chi connectivity index (χ3v) is 2.55. The fourth-order valence-electron chi connectivity index (χ4n) is 1.52. The van der Waals surface area contributed by atoms with Crippen LogP contribution in [-0.2, 0) is 19.2 Å². The summed E-state index contributed by atoms with van der Waals surface area (Å²) in [6, 6.07) is 0.